The zero-order valence-electron chi connectivity index (χ0n) is 18.7. The topological polar surface area (TPSA) is 140 Å². The molecule has 2 N–H and O–H groups in total. The van der Waals surface area contributed by atoms with Crippen LogP contribution in [0.1, 0.15) is 24.2 Å². The first-order valence-corrected chi connectivity index (χ1v) is 12.0. The Balaban J connectivity index is 1.54. The Labute approximate surface area is 197 Å². The van der Waals surface area contributed by atoms with Gasteiger partial charge in [0.1, 0.15) is 13.2 Å². The number of carbonyl (C=O) groups excluding carboxylic acids is 3. The van der Waals surface area contributed by atoms with Crippen LogP contribution in [0.4, 0.5) is 10.5 Å². The van der Waals surface area contributed by atoms with E-state index in [-0.39, 0.29) is 23.5 Å². The molecular formula is C22H25N3O8S. The minimum absolute atomic E-state index is 0.0400. The minimum atomic E-state index is -3.76. The van der Waals surface area contributed by atoms with Crippen molar-refractivity contribution < 1.29 is 37.0 Å². The SMILES string of the molecule is CCN(CC)S(=O)(=O)c1cccc(C(=O)OCC(=O)NC(=O)Nc2ccc3c(c2)OCCO3)c1. The summed E-state index contributed by atoms with van der Waals surface area (Å²) < 4.78 is 42.3. The fourth-order valence-corrected chi connectivity index (χ4v) is 4.66. The van der Waals surface area contributed by atoms with Gasteiger partial charge in [0.05, 0.1) is 10.5 Å². The number of imide groups is 1. The molecule has 3 amide bonds. The lowest BCUT2D eigenvalue weighted by atomic mass is 10.2. The van der Waals surface area contributed by atoms with Gasteiger partial charge in [-0.05, 0) is 30.3 Å². The van der Waals surface area contributed by atoms with E-state index in [1.54, 1.807) is 32.0 Å². The standard InChI is InChI=1S/C22H25N3O8S/c1-3-25(4-2)34(29,30)17-7-5-6-15(12-17)21(27)33-14-20(26)24-22(28)23-16-8-9-18-19(13-16)32-11-10-31-18/h5-9,12-13H,3-4,10-11,14H2,1-2H3,(H2,23,24,26,28). The molecule has 3 rings (SSSR count). The molecule has 0 atom stereocenters. The van der Waals surface area contributed by atoms with E-state index >= 15 is 0 Å². The molecule has 1 aliphatic rings. The third-order valence-electron chi connectivity index (χ3n) is 4.80. The summed E-state index contributed by atoms with van der Waals surface area (Å²) in [4.78, 5) is 36.3. The smallest absolute Gasteiger partial charge is 0.338 e. The van der Waals surface area contributed by atoms with E-state index < -0.39 is 34.5 Å². The number of anilines is 1. The molecule has 0 bridgehead atoms. The second-order valence-corrected chi connectivity index (χ2v) is 8.99. The number of amides is 3. The zero-order valence-corrected chi connectivity index (χ0v) is 19.5. The minimum Gasteiger partial charge on any atom is -0.486 e. The van der Waals surface area contributed by atoms with Crippen molar-refractivity contribution in [1.29, 1.82) is 0 Å². The Morgan fingerprint density at radius 1 is 1.00 bits per heavy atom. The number of fused-ring (bicyclic) bond motifs is 1. The summed E-state index contributed by atoms with van der Waals surface area (Å²) in [6.45, 7) is 4.06. The monoisotopic (exact) mass is 491 g/mol. The molecule has 11 nitrogen and oxygen atoms in total. The van der Waals surface area contributed by atoms with E-state index in [9.17, 15) is 22.8 Å². The molecule has 34 heavy (non-hydrogen) atoms. The number of urea groups is 1. The van der Waals surface area contributed by atoms with Crippen LogP contribution < -0.4 is 20.1 Å². The number of nitrogens with zero attached hydrogens (tertiary/aromatic N) is 1. The normalized spacial score (nSPS) is 12.7. The van der Waals surface area contributed by atoms with Gasteiger partial charge in [0.2, 0.25) is 10.0 Å². The van der Waals surface area contributed by atoms with Gasteiger partial charge in [-0.1, -0.05) is 19.9 Å². The van der Waals surface area contributed by atoms with Crippen molar-refractivity contribution in [3.8, 4) is 11.5 Å². The van der Waals surface area contributed by atoms with Gasteiger partial charge in [-0.3, -0.25) is 10.1 Å². The maximum atomic E-state index is 12.6. The van der Waals surface area contributed by atoms with E-state index in [0.717, 1.165) is 0 Å². The summed E-state index contributed by atoms with van der Waals surface area (Å²) >= 11 is 0. The van der Waals surface area contributed by atoms with Crippen molar-refractivity contribution in [1.82, 2.24) is 9.62 Å². The molecular weight excluding hydrogens is 466 g/mol. The van der Waals surface area contributed by atoms with Crippen molar-refractivity contribution in [2.45, 2.75) is 18.7 Å². The maximum absolute atomic E-state index is 12.6. The summed E-state index contributed by atoms with van der Waals surface area (Å²) in [7, 11) is -3.76. The number of carbonyl (C=O) groups is 3. The van der Waals surface area contributed by atoms with Gasteiger partial charge in [-0.15, -0.1) is 0 Å². The molecule has 0 saturated heterocycles. The van der Waals surface area contributed by atoms with Crippen LogP contribution in [0.5, 0.6) is 11.5 Å². The second-order valence-electron chi connectivity index (χ2n) is 7.05. The Morgan fingerprint density at radius 3 is 2.41 bits per heavy atom. The molecule has 0 radical (unpaired) electrons. The van der Waals surface area contributed by atoms with E-state index in [1.807, 2.05) is 5.32 Å². The van der Waals surface area contributed by atoms with Crippen LogP contribution in [-0.4, -0.2) is 63.5 Å². The average molecular weight is 492 g/mol. The Bertz CT molecular complexity index is 1180. The highest BCUT2D eigenvalue weighted by Gasteiger charge is 2.23. The molecule has 12 heteroatoms. The summed E-state index contributed by atoms with van der Waals surface area (Å²) in [6.07, 6.45) is 0. The van der Waals surface area contributed by atoms with Crippen LogP contribution in [0, 0.1) is 0 Å². The first-order chi connectivity index (χ1) is 16.2. The van der Waals surface area contributed by atoms with Gasteiger partial charge < -0.3 is 19.5 Å². The van der Waals surface area contributed by atoms with Crippen LogP contribution in [0.2, 0.25) is 0 Å². The maximum Gasteiger partial charge on any atom is 0.338 e. The molecule has 2 aromatic rings. The van der Waals surface area contributed by atoms with Crippen molar-refractivity contribution in [3.63, 3.8) is 0 Å². The largest absolute Gasteiger partial charge is 0.486 e. The predicted molar refractivity (Wildman–Crippen MR) is 121 cm³/mol. The van der Waals surface area contributed by atoms with Crippen LogP contribution in [0.25, 0.3) is 0 Å². The summed E-state index contributed by atoms with van der Waals surface area (Å²) in [5, 5.41) is 4.51. The number of ether oxygens (including phenoxy) is 3. The Morgan fingerprint density at radius 2 is 1.71 bits per heavy atom. The lowest BCUT2D eigenvalue weighted by molar-refractivity contribution is -0.123. The van der Waals surface area contributed by atoms with Crippen LogP contribution in [-0.2, 0) is 19.6 Å². The van der Waals surface area contributed by atoms with Gasteiger partial charge in [-0.25, -0.2) is 18.0 Å². The van der Waals surface area contributed by atoms with Crippen molar-refractivity contribution in [3.05, 3.63) is 48.0 Å². The first-order valence-electron chi connectivity index (χ1n) is 10.5. The molecule has 0 saturated carbocycles. The number of hydrogen-bond acceptors (Lipinski definition) is 8. The van der Waals surface area contributed by atoms with Gasteiger partial charge in [0.25, 0.3) is 5.91 Å². The number of nitrogens with one attached hydrogen (secondary N) is 2. The number of esters is 1. The average Bonchev–Trinajstić information content (AvgIpc) is 2.83. The molecule has 182 valence electrons. The van der Waals surface area contributed by atoms with E-state index in [1.165, 1.54) is 28.6 Å². The van der Waals surface area contributed by atoms with Crippen LogP contribution in [0.15, 0.2) is 47.4 Å². The second kappa shape index (κ2) is 11.0. The summed E-state index contributed by atoms with van der Waals surface area (Å²) in [5.74, 6) is -0.752. The fraction of sp³-hybridized carbons (Fsp3) is 0.318. The summed E-state index contributed by atoms with van der Waals surface area (Å²) in [5.41, 5.74) is 0.333. The number of benzene rings is 2. The molecule has 0 aromatic heterocycles. The Kier molecular flexibility index (Phi) is 8.08. The van der Waals surface area contributed by atoms with Gasteiger partial charge >= 0.3 is 12.0 Å². The van der Waals surface area contributed by atoms with E-state index in [2.05, 4.69) is 5.32 Å². The molecule has 1 heterocycles. The third kappa shape index (κ3) is 6.02. The highest BCUT2D eigenvalue weighted by atomic mass is 32.2. The van der Waals surface area contributed by atoms with Crippen LogP contribution >= 0.6 is 0 Å². The van der Waals surface area contributed by atoms with Crippen LogP contribution in [0.3, 0.4) is 0 Å². The molecule has 0 aliphatic carbocycles. The zero-order chi connectivity index (χ0) is 24.7. The van der Waals surface area contributed by atoms with Crippen molar-refractivity contribution >= 4 is 33.6 Å². The molecule has 0 fully saturated rings. The van der Waals surface area contributed by atoms with Gasteiger partial charge in [0, 0.05) is 24.8 Å². The third-order valence-corrected chi connectivity index (χ3v) is 6.85. The van der Waals surface area contributed by atoms with Crippen molar-refractivity contribution in [2.75, 3.05) is 38.2 Å². The first kappa shape index (κ1) is 25.0. The molecule has 0 unspecified atom stereocenters. The predicted octanol–water partition coefficient (Wildman–Crippen LogP) is 1.99. The van der Waals surface area contributed by atoms with E-state index in [0.29, 0.717) is 30.4 Å². The molecule has 0 spiro atoms. The fourth-order valence-electron chi connectivity index (χ4n) is 3.16. The van der Waals surface area contributed by atoms with Gasteiger partial charge in [0.15, 0.2) is 18.1 Å². The Hall–Kier alpha value is -3.64. The lowest BCUT2D eigenvalue weighted by Gasteiger charge is -2.19. The number of rotatable bonds is 8. The number of sulfonamides is 1. The van der Waals surface area contributed by atoms with Gasteiger partial charge in [-0.2, -0.15) is 4.31 Å². The lowest BCUT2D eigenvalue weighted by Crippen LogP contribution is -2.37. The molecule has 1 aliphatic heterocycles. The highest BCUT2D eigenvalue weighted by molar-refractivity contribution is 7.89. The quantitative estimate of drug-likeness (QED) is 0.534. The number of hydrogen-bond donors (Lipinski definition) is 2. The highest BCUT2D eigenvalue weighted by Crippen LogP contribution is 2.32. The molecule has 2 aromatic carbocycles. The van der Waals surface area contributed by atoms with E-state index in [4.69, 9.17) is 14.2 Å². The van der Waals surface area contributed by atoms with Crippen molar-refractivity contribution in [2.24, 2.45) is 0 Å². The summed E-state index contributed by atoms with van der Waals surface area (Å²) in [6, 6.07) is 9.27.